The molecule has 168 valence electrons. The molecule has 1 fully saturated rings. The van der Waals surface area contributed by atoms with Crippen LogP contribution in [0, 0.1) is 0 Å². The van der Waals surface area contributed by atoms with E-state index in [1.807, 2.05) is 19.1 Å². The summed E-state index contributed by atoms with van der Waals surface area (Å²) in [7, 11) is 0. The molecule has 0 radical (unpaired) electrons. The van der Waals surface area contributed by atoms with Crippen molar-refractivity contribution in [1.82, 2.24) is 20.9 Å². The molecule has 2 heterocycles. The molecule has 1 aliphatic rings. The Morgan fingerprint density at radius 1 is 1.29 bits per heavy atom. The molecule has 3 rings (SSSR count). The summed E-state index contributed by atoms with van der Waals surface area (Å²) in [6.45, 7) is 5.28. The van der Waals surface area contributed by atoms with Gasteiger partial charge in [0.15, 0.2) is 5.96 Å². The minimum atomic E-state index is -0.193. The van der Waals surface area contributed by atoms with Crippen molar-refractivity contribution in [1.29, 1.82) is 0 Å². The van der Waals surface area contributed by atoms with E-state index in [-0.39, 0.29) is 41.7 Å². The van der Waals surface area contributed by atoms with Crippen LogP contribution in [0.3, 0.4) is 0 Å². The average Bonchev–Trinajstić information content (AvgIpc) is 3.20. The van der Waals surface area contributed by atoms with Crippen LogP contribution in [0.2, 0.25) is 5.02 Å². The van der Waals surface area contributed by atoms with Gasteiger partial charge in [-0.2, -0.15) is 0 Å². The van der Waals surface area contributed by atoms with Crippen LogP contribution in [-0.2, 0) is 0 Å². The van der Waals surface area contributed by atoms with E-state index >= 15 is 0 Å². The molecule has 0 aliphatic carbocycles. The van der Waals surface area contributed by atoms with Crippen molar-refractivity contribution in [2.24, 2.45) is 4.99 Å². The van der Waals surface area contributed by atoms with E-state index in [0.717, 1.165) is 37.8 Å². The Morgan fingerprint density at radius 2 is 2.06 bits per heavy atom. The lowest BCUT2D eigenvalue weighted by Gasteiger charge is -2.20. The molecule has 2 aromatic rings. The van der Waals surface area contributed by atoms with E-state index in [0.29, 0.717) is 23.7 Å². The van der Waals surface area contributed by atoms with Gasteiger partial charge in [0.05, 0.1) is 11.6 Å². The van der Waals surface area contributed by atoms with Gasteiger partial charge in [-0.05, 0) is 49.7 Å². The molecule has 8 nitrogen and oxygen atoms in total. The van der Waals surface area contributed by atoms with Crippen LogP contribution in [0.15, 0.2) is 47.6 Å². The Labute approximate surface area is 204 Å². The summed E-state index contributed by atoms with van der Waals surface area (Å²) in [6, 6.07) is 10.1. The maximum Gasteiger partial charge on any atom is 0.251 e. The molecule has 1 saturated heterocycles. The van der Waals surface area contributed by atoms with Crippen molar-refractivity contribution in [2.75, 3.05) is 37.6 Å². The monoisotopic (exact) mass is 558 g/mol. The Hall–Kier alpha value is -2.27. The second-order valence-corrected chi connectivity index (χ2v) is 7.36. The predicted molar refractivity (Wildman–Crippen MR) is 135 cm³/mol. The van der Waals surface area contributed by atoms with E-state index in [4.69, 9.17) is 11.6 Å². The predicted octanol–water partition coefficient (Wildman–Crippen LogP) is 2.62. The number of nitrogens with zero attached hydrogens (tertiary/aromatic N) is 3. The van der Waals surface area contributed by atoms with Crippen molar-refractivity contribution in [3.8, 4) is 5.75 Å². The normalized spacial score (nSPS) is 15.9. The summed E-state index contributed by atoms with van der Waals surface area (Å²) >= 11 is 6.26. The van der Waals surface area contributed by atoms with Crippen LogP contribution < -0.4 is 20.9 Å². The molecule has 0 saturated carbocycles. The molecule has 31 heavy (non-hydrogen) atoms. The van der Waals surface area contributed by atoms with Crippen LogP contribution in [0.5, 0.6) is 5.75 Å². The number of aromatic nitrogens is 1. The number of hydrogen-bond donors (Lipinski definition) is 4. The summed E-state index contributed by atoms with van der Waals surface area (Å²) < 4.78 is 0. The zero-order chi connectivity index (χ0) is 21.3. The van der Waals surface area contributed by atoms with Crippen molar-refractivity contribution in [2.45, 2.75) is 19.4 Å². The van der Waals surface area contributed by atoms with Crippen molar-refractivity contribution >= 4 is 53.3 Å². The van der Waals surface area contributed by atoms with E-state index in [1.54, 1.807) is 18.3 Å². The minimum absolute atomic E-state index is 0. The average molecular weight is 559 g/mol. The molecule has 1 atom stereocenters. The Morgan fingerprint density at radius 3 is 2.77 bits per heavy atom. The van der Waals surface area contributed by atoms with E-state index < -0.39 is 0 Å². The molecular formula is C21H28ClIN6O2. The lowest BCUT2D eigenvalue weighted by atomic mass is 10.2. The number of rotatable bonds is 7. The van der Waals surface area contributed by atoms with E-state index in [9.17, 15) is 9.90 Å². The van der Waals surface area contributed by atoms with Crippen LogP contribution in [0.25, 0.3) is 0 Å². The number of carbonyl (C=O) groups is 1. The third kappa shape index (κ3) is 7.42. The second kappa shape index (κ2) is 12.6. The zero-order valence-corrected chi connectivity index (χ0v) is 20.4. The van der Waals surface area contributed by atoms with Gasteiger partial charge >= 0.3 is 0 Å². The number of amides is 1. The number of phenols is 1. The number of carbonyl (C=O) groups excluding carboxylic acids is 1. The SMILES string of the molecule is CCNC(=NCCNC(=O)c1ccc(O)cc1)NC1CCN(c2ncccc2Cl)C1.I. The highest BCUT2D eigenvalue weighted by atomic mass is 127. The third-order valence-electron chi connectivity index (χ3n) is 4.71. The highest BCUT2D eigenvalue weighted by molar-refractivity contribution is 14.0. The lowest BCUT2D eigenvalue weighted by Crippen LogP contribution is -2.45. The molecule has 1 amide bonds. The van der Waals surface area contributed by atoms with Crippen molar-refractivity contribution < 1.29 is 9.90 Å². The maximum atomic E-state index is 12.1. The van der Waals surface area contributed by atoms with Gasteiger partial charge in [-0.15, -0.1) is 24.0 Å². The second-order valence-electron chi connectivity index (χ2n) is 6.95. The molecule has 4 N–H and O–H groups in total. The smallest absolute Gasteiger partial charge is 0.251 e. The number of benzene rings is 1. The largest absolute Gasteiger partial charge is 0.508 e. The van der Waals surface area contributed by atoms with Crippen molar-refractivity contribution in [3.05, 3.63) is 53.2 Å². The number of anilines is 1. The number of hydrogen-bond acceptors (Lipinski definition) is 5. The van der Waals surface area contributed by atoms with Gasteiger partial charge in [0.25, 0.3) is 5.91 Å². The van der Waals surface area contributed by atoms with E-state index in [2.05, 4.69) is 30.8 Å². The van der Waals surface area contributed by atoms with Gasteiger partial charge in [0, 0.05) is 44.0 Å². The highest BCUT2D eigenvalue weighted by Gasteiger charge is 2.25. The number of nitrogens with one attached hydrogen (secondary N) is 3. The maximum absolute atomic E-state index is 12.1. The molecule has 0 spiro atoms. The molecule has 1 aliphatic heterocycles. The summed E-state index contributed by atoms with van der Waals surface area (Å²) in [5.41, 5.74) is 0.501. The first-order valence-electron chi connectivity index (χ1n) is 10.0. The van der Waals surface area contributed by atoms with Gasteiger partial charge in [0.2, 0.25) is 0 Å². The van der Waals surface area contributed by atoms with Crippen LogP contribution >= 0.6 is 35.6 Å². The van der Waals surface area contributed by atoms with Crippen LogP contribution in [-0.4, -0.2) is 60.7 Å². The quantitative estimate of drug-likeness (QED) is 0.180. The Bertz CT molecular complexity index is 880. The lowest BCUT2D eigenvalue weighted by molar-refractivity contribution is 0.0955. The number of halogens is 2. The Kier molecular flexibility index (Phi) is 10.1. The van der Waals surface area contributed by atoms with Gasteiger partial charge in [0.1, 0.15) is 11.6 Å². The number of pyridine rings is 1. The van der Waals surface area contributed by atoms with Gasteiger partial charge < -0.3 is 26.0 Å². The number of phenolic OH excluding ortho intramolecular Hbond substituents is 1. The third-order valence-corrected chi connectivity index (χ3v) is 5.00. The molecule has 1 aromatic carbocycles. The first-order chi connectivity index (χ1) is 14.6. The van der Waals surface area contributed by atoms with Crippen LogP contribution in [0.4, 0.5) is 5.82 Å². The highest BCUT2D eigenvalue weighted by Crippen LogP contribution is 2.25. The first kappa shape index (κ1) is 25.0. The summed E-state index contributed by atoms with van der Waals surface area (Å²) in [5, 5.41) is 19.5. The topological polar surface area (TPSA) is 102 Å². The zero-order valence-electron chi connectivity index (χ0n) is 17.3. The van der Waals surface area contributed by atoms with Crippen LogP contribution in [0.1, 0.15) is 23.7 Å². The van der Waals surface area contributed by atoms with Gasteiger partial charge in [-0.3, -0.25) is 9.79 Å². The fourth-order valence-electron chi connectivity index (χ4n) is 3.25. The van der Waals surface area contributed by atoms with E-state index in [1.165, 1.54) is 12.1 Å². The van der Waals surface area contributed by atoms with Gasteiger partial charge in [-0.25, -0.2) is 4.98 Å². The molecule has 10 heteroatoms. The molecule has 1 unspecified atom stereocenters. The number of aliphatic imine (C=N–C) groups is 1. The van der Waals surface area contributed by atoms with Crippen molar-refractivity contribution in [3.63, 3.8) is 0 Å². The number of guanidine groups is 1. The molecule has 1 aromatic heterocycles. The molecule has 0 bridgehead atoms. The number of aromatic hydroxyl groups is 1. The Balaban J connectivity index is 0.00000341. The summed E-state index contributed by atoms with van der Waals surface area (Å²) in [4.78, 5) is 23.2. The minimum Gasteiger partial charge on any atom is -0.508 e. The summed E-state index contributed by atoms with van der Waals surface area (Å²) in [6.07, 6.45) is 2.70. The molecular weight excluding hydrogens is 531 g/mol. The standard InChI is InChI=1S/C21H27ClN6O2.HI/c1-2-23-21(26-12-11-25-20(30)15-5-7-17(29)8-6-15)27-16-9-13-28(14-16)19-18(22)4-3-10-24-19;/h3-8,10,16,29H,2,9,11-14H2,1H3,(H,25,30)(H2,23,26,27);1H. The summed E-state index contributed by atoms with van der Waals surface area (Å²) in [5.74, 6) is 1.47. The first-order valence-corrected chi connectivity index (χ1v) is 10.4. The van der Waals surface area contributed by atoms with Gasteiger partial charge in [-0.1, -0.05) is 11.6 Å². The fraction of sp³-hybridized carbons (Fsp3) is 0.381. The fourth-order valence-corrected chi connectivity index (χ4v) is 3.49.